The minimum absolute atomic E-state index is 0.0102. The largest absolute Gasteiger partial charge is 0.465 e. The van der Waals surface area contributed by atoms with Crippen LogP contribution in [-0.4, -0.2) is 67.9 Å². The van der Waals surface area contributed by atoms with E-state index >= 15 is 0 Å². The van der Waals surface area contributed by atoms with Crippen LogP contribution in [0, 0.1) is 11.8 Å². The van der Waals surface area contributed by atoms with Crippen molar-refractivity contribution in [2.75, 3.05) is 32.9 Å². The topological polar surface area (TPSA) is 108 Å². The highest BCUT2D eigenvalue weighted by Crippen LogP contribution is 2.22. The predicted octanol–water partition coefficient (Wildman–Crippen LogP) is 9.04. The molecule has 1 aliphatic rings. The van der Waals surface area contributed by atoms with Crippen molar-refractivity contribution in [1.29, 1.82) is 0 Å². The van der Waals surface area contributed by atoms with E-state index in [1.54, 1.807) is 4.90 Å². The van der Waals surface area contributed by atoms with E-state index < -0.39 is 24.1 Å². The number of nitrogens with zero attached hydrogens (tertiary/aromatic N) is 1. The molecule has 0 bridgehead atoms. The SMILES string of the molecule is CC.CC.CCCCCCCCC(=O)OCC(COC(=O)CCCCCCCC)CC(=O)OC1CN(C(=O)OCCC)CC1C. The molecule has 1 rings (SSSR count). The third-order valence-electron chi connectivity index (χ3n) is 7.40. The number of carbonyl (C=O) groups excluding carboxylic acids is 4. The highest BCUT2D eigenvalue weighted by Gasteiger charge is 2.36. The third kappa shape index (κ3) is 24.6. The zero-order chi connectivity index (χ0) is 34.3. The van der Waals surface area contributed by atoms with E-state index in [2.05, 4.69) is 13.8 Å². The number of rotatable bonds is 23. The summed E-state index contributed by atoms with van der Waals surface area (Å²) in [5.41, 5.74) is 0. The smallest absolute Gasteiger partial charge is 0.409 e. The van der Waals surface area contributed by atoms with Gasteiger partial charge >= 0.3 is 24.0 Å². The molecule has 0 aromatic carbocycles. The molecule has 2 atom stereocenters. The molecule has 266 valence electrons. The molecular formula is C36H69NO8. The van der Waals surface area contributed by atoms with Crippen molar-refractivity contribution in [3.63, 3.8) is 0 Å². The summed E-state index contributed by atoms with van der Waals surface area (Å²) in [4.78, 5) is 51.2. The molecule has 0 spiro atoms. The van der Waals surface area contributed by atoms with Crippen LogP contribution in [0.1, 0.15) is 158 Å². The van der Waals surface area contributed by atoms with E-state index in [-0.39, 0.29) is 44.0 Å². The fourth-order valence-electron chi connectivity index (χ4n) is 4.80. The van der Waals surface area contributed by atoms with E-state index in [0.717, 1.165) is 44.9 Å². The second kappa shape index (κ2) is 31.7. The Morgan fingerprint density at radius 2 is 1.09 bits per heavy atom. The summed E-state index contributed by atoms with van der Waals surface area (Å²) in [5.74, 6) is -1.59. The Balaban J connectivity index is 0. The van der Waals surface area contributed by atoms with Gasteiger partial charge in [-0.2, -0.15) is 0 Å². The Morgan fingerprint density at radius 3 is 1.56 bits per heavy atom. The second-order valence-corrected chi connectivity index (χ2v) is 11.5. The van der Waals surface area contributed by atoms with Crippen LogP contribution in [0.4, 0.5) is 4.79 Å². The average molecular weight is 644 g/mol. The van der Waals surface area contributed by atoms with Gasteiger partial charge in [-0.3, -0.25) is 14.4 Å². The van der Waals surface area contributed by atoms with Crippen LogP contribution in [-0.2, 0) is 33.3 Å². The van der Waals surface area contributed by atoms with Gasteiger partial charge in [-0.1, -0.05) is 120 Å². The van der Waals surface area contributed by atoms with Crippen LogP contribution in [0.5, 0.6) is 0 Å². The quantitative estimate of drug-likeness (QED) is 0.0616. The van der Waals surface area contributed by atoms with Gasteiger partial charge in [0.25, 0.3) is 0 Å². The van der Waals surface area contributed by atoms with Crippen LogP contribution >= 0.6 is 0 Å². The van der Waals surface area contributed by atoms with Crippen molar-refractivity contribution in [2.24, 2.45) is 11.8 Å². The van der Waals surface area contributed by atoms with Crippen molar-refractivity contribution in [2.45, 2.75) is 164 Å². The molecule has 9 heteroatoms. The van der Waals surface area contributed by atoms with Gasteiger partial charge in [0.15, 0.2) is 0 Å². The molecular weight excluding hydrogens is 574 g/mol. The summed E-state index contributed by atoms with van der Waals surface area (Å²) in [6.45, 7) is 17.3. The molecule has 1 fully saturated rings. The Kier molecular flexibility index (Phi) is 31.5. The highest BCUT2D eigenvalue weighted by atomic mass is 16.6. The van der Waals surface area contributed by atoms with Crippen LogP contribution in [0.3, 0.4) is 0 Å². The molecule has 0 aromatic rings. The number of esters is 3. The van der Waals surface area contributed by atoms with E-state index in [0.29, 0.717) is 26.0 Å². The molecule has 2 unspecified atom stereocenters. The highest BCUT2D eigenvalue weighted by molar-refractivity contribution is 5.72. The van der Waals surface area contributed by atoms with Crippen molar-refractivity contribution < 1.29 is 38.1 Å². The van der Waals surface area contributed by atoms with Crippen LogP contribution in [0.15, 0.2) is 0 Å². The third-order valence-corrected chi connectivity index (χ3v) is 7.40. The normalized spacial score (nSPS) is 15.4. The summed E-state index contributed by atoms with van der Waals surface area (Å²) in [6.07, 6.45) is 13.4. The first-order chi connectivity index (χ1) is 21.8. The average Bonchev–Trinajstić information content (AvgIpc) is 3.42. The molecule has 1 amide bonds. The number of likely N-dealkylation sites (tertiary alicyclic amines) is 1. The van der Waals surface area contributed by atoms with Crippen molar-refractivity contribution in [1.82, 2.24) is 4.90 Å². The van der Waals surface area contributed by atoms with Crippen LogP contribution in [0.25, 0.3) is 0 Å². The van der Waals surface area contributed by atoms with Gasteiger partial charge in [0, 0.05) is 31.2 Å². The lowest BCUT2D eigenvalue weighted by atomic mass is 10.1. The minimum atomic E-state index is -0.494. The van der Waals surface area contributed by atoms with Crippen molar-refractivity contribution in [3.8, 4) is 0 Å². The van der Waals surface area contributed by atoms with Gasteiger partial charge < -0.3 is 23.8 Å². The Hall–Kier alpha value is -2.32. The van der Waals surface area contributed by atoms with E-state index in [4.69, 9.17) is 18.9 Å². The molecule has 1 saturated heterocycles. The van der Waals surface area contributed by atoms with Gasteiger partial charge in [-0.25, -0.2) is 4.79 Å². The number of hydrogen-bond acceptors (Lipinski definition) is 8. The molecule has 45 heavy (non-hydrogen) atoms. The fraction of sp³-hybridized carbons (Fsp3) is 0.889. The van der Waals surface area contributed by atoms with Crippen LogP contribution in [0.2, 0.25) is 0 Å². The summed E-state index contributed by atoms with van der Waals surface area (Å²) < 4.78 is 21.9. The van der Waals surface area contributed by atoms with Gasteiger partial charge in [-0.05, 0) is 19.3 Å². The molecule has 0 aromatic heterocycles. The van der Waals surface area contributed by atoms with Gasteiger partial charge in [0.2, 0.25) is 0 Å². The Morgan fingerprint density at radius 1 is 0.622 bits per heavy atom. The standard InChI is InChI=1S/C32H57NO8.2C2H6/c1-5-8-10-12-14-16-18-29(34)39-24-27(25-40-30(35)19-17-15-13-11-9-6-2)21-31(36)41-28-23-33(22-26(28)4)32(37)38-20-7-3;2*1-2/h26-28H,5-25H2,1-4H3;2*1-2H3. The van der Waals surface area contributed by atoms with E-state index in [1.165, 1.54) is 38.5 Å². The first-order valence-electron chi connectivity index (χ1n) is 18.2. The van der Waals surface area contributed by atoms with Crippen molar-refractivity contribution >= 4 is 24.0 Å². The summed E-state index contributed by atoms with van der Waals surface area (Å²) >= 11 is 0. The van der Waals surface area contributed by atoms with Gasteiger partial charge in [-0.15, -0.1) is 0 Å². The number of unbranched alkanes of at least 4 members (excludes halogenated alkanes) is 10. The van der Waals surface area contributed by atoms with E-state index in [9.17, 15) is 19.2 Å². The molecule has 0 N–H and O–H groups in total. The molecule has 1 aliphatic heterocycles. The number of carbonyl (C=O) groups is 4. The Bertz CT molecular complexity index is 713. The first-order valence-corrected chi connectivity index (χ1v) is 18.2. The predicted molar refractivity (Wildman–Crippen MR) is 181 cm³/mol. The molecule has 0 radical (unpaired) electrons. The first kappa shape index (κ1) is 44.8. The molecule has 0 saturated carbocycles. The lowest BCUT2D eigenvalue weighted by molar-refractivity contribution is -0.157. The van der Waals surface area contributed by atoms with Crippen LogP contribution < -0.4 is 0 Å². The van der Waals surface area contributed by atoms with Gasteiger partial charge in [0.1, 0.15) is 6.10 Å². The van der Waals surface area contributed by atoms with Crippen molar-refractivity contribution in [3.05, 3.63) is 0 Å². The number of amides is 1. The summed E-state index contributed by atoms with van der Waals surface area (Å²) in [7, 11) is 0. The monoisotopic (exact) mass is 644 g/mol. The maximum atomic E-state index is 12.8. The lowest BCUT2D eigenvalue weighted by Crippen LogP contribution is -2.32. The number of ether oxygens (including phenoxy) is 4. The summed E-state index contributed by atoms with van der Waals surface area (Å²) in [6, 6.07) is 0. The van der Waals surface area contributed by atoms with Gasteiger partial charge in [0.05, 0.1) is 32.8 Å². The molecule has 9 nitrogen and oxygen atoms in total. The van der Waals surface area contributed by atoms with E-state index in [1.807, 2.05) is 41.5 Å². The lowest BCUT2D eigenvalue weighted by Gasteiger charge is -2.20. The number of hydrogen-bond donors (Lipinski definition) is 0. The molecule has 0 aliphatic carbocycles. The maximum Gasteiger partial charge on any atom is 0.409 e. The Labute approximate surface area is 275 Å². The minimum Gasteiger partial charge on any atom is -0.465 e. The molecule has 1 heterocycles. The fourth-order valence-corrected chi connectivity index (χ4v) is 4.80. The second-order valence-electron chi connectivity index (χ2n) is 11.5. The zero-order valence-corrected chi connectivity index (χ0v) is 30.3. The maximum absolute atomic E-state index is 12.8. The summed E-state index contributed by atoms with van der Waals surface area (Å²) in [5, 5.41) is 0. The zero-order valence-electron chi connectivity index (χ0n) is 30.3.